The first-order valence-electron chi connectivity index (χ1n) is 12.4. The molecule has 2 nitrogen and oxygen atoms in total. The summed E-state index contributed by atoms with van der Waals surface area (Å²) in [6.45, 7) is 2.19. The van der Waals surface area contributed by atoms with Gasteiger partial charge in [-0.05, 0) is 69.8 Å². The van der Waals surface area contributed by atoms with E-state index in [1.165, 1.54) is 65.1 Å². The molecule has 6 rings (SSSR count). The van der Waals surface area contributed by atoms with Crippen LogP contribution in [0.2, 0.25) is 0 Å². The number of hydrogen-bond donors (Lipinski definition) is 1. The van der Waals surface area contributed by atoms with Gasteiger partial charge in [0.1, 0.15) is 0 Å². The maximum Gasteiger partial charge on any atom is 0.0869 e. The number of hydrogen-bond acceptors (Lipinski definition) is 2. The molecule has 0 radical (unpaired) electrons. The molecular formula is C31H31NO. The summed E-state index contributed by atoms with van der Waals surface area (Å²) in [4.78, 5) is 0. The molecule has 4 aromatic rings. The van der Waals surface area contributed by atoms with Crippen molar-refractivity contribution in [3.8, 4) is 0 Å². The van der Waals surface area contributed by atoms with Crippen molar-refractivity contribution in [3.05, 3.63) is 118 Å². The van der Waals surface area contributed by atoms with Crippen molar-refractivity contribution in [2.75, 3.05) is 0 Å². The third-order valence-corrected chi connectivity index (χ3v) is 7.87. The van der Waals surface area contributed by atoms with E-state index in [4.69, 9.17) is 0 Å². The molecule has 2 heteroatoms. The highest BCUT2D eigenvalue weighted by molar-refractivity contribution is 5.93. The monoisotopic (exact) mass is 433 g/mol. The van der Waals surface area contributed by atoms with Gasteiger partial charge in [0, 0.05) is 0 Å². The number of benzene rings is 4. The van der Waals surface area contributed by atoms with Gasteiger partial charge in [-0.1, -0.05) is 104 Å². The van der Waals surface area contributed by atoms with E-state index in [0.717, 1.165) is 11.1 Å². The molecule has 0 amide bonds. The zero-order chi connectivity index (χ0) is 22.4. The van der Waals surface area contributed by atoms with E-state index in [0.29, 0.717) is 5.92 Å². The number of aryl methyl sites for hydroxylation is 1. The van der Waals surface area contributed by atoms with Crippen molar-refractivity contribution in [2.45, 2.75) is 57.0 Å². The van der Waals surface area contributed by atoms with Gasteiger partial charge in [0.05, 0.1) is 12.1 Å². The second kappa shape index (κ2) is 8.44. The Labute approximate surface area is 196 Å². The van der Waals surface area contributed by atoms with E-state index in [1.54, 1.807) is 5.06 Å². The second-order valence-electron chi connectivity index (χ2n) is 9.80. The van der Waals surface area contributed by atoms with Crippen molar-refractivity contribution in [1.29, 1.82) is 0 Å². The van der Waals surface area contributed by atoms with Crippen LogP contribution in [-0.4, -0.2) is 10.3 Å². The van der Waals surface area contributed by atoms with E-state index >= 15 is 0 Å². The number of nitrogens with zero attached hydrogens (tertiary/aromatic N) is 1. The van der Waals surface area contributed by atoms with Gasteiger partial charge >= 0.3 is 0 Å². The number of rotatable bonds is 3. The smallest absolute Gasteiger partial charge is 0.0869 e. The van der Waals surface area contributed by atoms with Gasteiger partial charge in [0.2, 0.25) is 0 Å². The highest BCUT2D eigenvalue weighted by Gasteiger charge is 2.40. The minimum atomic E-state index is -0.200. The molecule has 1 aliphatic heterocycles. The molecule has 0 bridgehead atoms. The zero-order valence-corrected chi connectivity index (χ0v) is 19.2. The van der Waals surface area contributed by atoms with Gasteiger partial charge in [-0.2, -0.15) is 5.06 Å². The fourth-order valence-electron chi connectivity index (χ4n) is 6.33. The van der Waals surface area contributed by atoms with E-state index in [9.17, 15) is 5.21 Å². The summed E-state index contributed by atoms with van der Waals surface area (Å²) in [6, 6.07) is 29.8. The van der Waals surface area contributed by atoms with Crippen LogP contribution in [-0.2, 0) is 0 Å². The average molecular weight is 434 g/mol. The molecule has 0 saturated heterocycles. The highest BCUT2D eigenvalue weighted by Crippen LogP contribution is 2.51. The van der Waals surface area contributed by atoms with Crippen LogP contribution in [0.15, 0.2) is 84.9 Å². The standard InChI is InChI=1S/C31H31NO/c1-21-17-18-23-19-20-26(22-11-5-2-6-12-22)29-28(23)27(21)30(24-13-7-3-8-14-24)32(33)31(29)25-15-9-4-10-16-25/h3-4,7-10,13-20,22,30-31,33H,2,5-6,11-12H2,1H3/t30-,31-/m0/s1. The van der Waals surface area contributed by atoms with Gasteiger partial charge in [-0.25, -0.2) is 0 Å². The summed E-state index contributed by atoms with van der Waals surface area (Å²) >= 11 is 0. The lowest BCUT2D eigenvalue weighted by molar-refractivity contribution is -0.145. The average Bonchev–Trinajstić information content (AvgIpc) is 2.87. The molecule has 0 unspecified atom stereocenters. The first kappa shape index (κ1) is 20.7. The Kier molecular flexibility index (Phi) is 5.28. The number of hydroxylamine groups is 2. The molecule has 33 heavy (non-hydrogen) atoms. The molecule has 1 fully saturated rings. The van der Waals surface area contributed by atoms with Gasteiger partial charge in [-0.15, -0.1) is 0 Å². The van der Waals surface area contributed by atoms with Crippen LogP contribution >= 0.6 is 0 Å². The van der Waals surface area contributed by atoms with Crippen LogP contribution < -0.4 is 0 Å². The molecule has 2 atom stereocenters. The van der Waals surface area contributed by atoms with Crippen molar-refractivity contribution in [2.24, 2.45) is 0 Å². The topological polar surface area (TPSA) is 23.5 Å². The summed E-state index contributed by atoms with van der Waals surface area (Å²) in [7, 11) is 0. The summed E-state index contributed by atoms with van der Waals surface area (Å²) in [5.41, 5.74) is 7.53. The Morgan fingerprint density at radius 1 is 0.667 bits per heavy atom. The van der Waals surface area contributed by atoms with Crippen molar-refractivity contribution >= 4 is 10.8 Å². The van der Waals surface area contributed by atoms with E-state index in [1.807, 2.05) is 6.07 Å². The van der Waals surface area contributed by atoms with Gasteiger partial charge < -0.3 is 5.21 Å². The molecule has 0 aromatic heterocycles. The van der Waals surface area contributed by atoms with Crippen LogP contribution in [0.25, 0.3) is 10.8 Å². The molecular weight excluding hydrogens is 402 g/mol. The lowest BCUT2D eigenvalue weighted by Gasteiger charge is -2.42. The van der Waals surface area contributed by atoms with Crippen molar-refractivity contribution in [1.82, 2.24) is 5.06 Å². The Balaban J connectivity index is 1.70. The molecule has 1 N–H and O–H groups in total. The lowest BCUT2D eigenvalue weighted by atomic mass is 9.74. The highest BCUT2D eigenvalue weighted by atomic mass is 16.5. The molecule has 2 aliphatic rings. The van der Waals surface area contributed by atoms with Gasteiger partial charge in [0.15, 0.2) is 0 Å². The SMILES string of the molecule is Cc1ccc2ccc(C3CCCCC3)c3c2c1[C@H](c1ccccc1)N(O)[C@H]3c1ccccc1. The van der Waals surface area contributed by atoms with Crippen LogP contribution in [0.5, 0.6) is 0 Å². The Bertz CT molecular complexity index is 1270. The molecule has 0 spiro atoms. The van der Waals surface area contributed by atoms with Crippen LogP contribution in [0.4, 0.5) is 0 Å². The Hall–Kier alpha value is -2.94. The fourth-order valence-corrected chi connectivity index (χ4v) is 6.33. The van der Waals surface area contributed by atoms with E-state index < -0.39 is 0 Å². The minimum absolute atomic E-state index is 0.189. The van der Waals surface area contributed by atoms with Crippen LogP contribution in [0.1, 0.15) is 83.5 Å². The minimum Gasteiger partial charge on any atom is -0.312 e. The first-order valence-corrected chi connectivity index (χ1v) is 12.4. The quantitative estimate of drug-likeness (QED) is 0.353. The lowest BCUT2D eigenvalue weighted by Crippen LogP contribution is -2.36. The van der Waals surface area contributed by atoms with Gasteiger partial charge in [0.25, 0.3) is 0 Å². The normalized spacial score (nSPS) is 21.4. The Morgan fingerprint density at radius 3 is 1.88 bits per heavy atom. The molecule has 166 valence electrons. The van der Waals surface area contributed by atoms with E-state index in [-0.39, 0.29) is 12.1 Å². The molecule has 4 aromatic carbocycles. The summed E-state index contributed by atoms with van der Waals surface area (Å²) in [5.74, 6) is 0.569. The molecule has 1 aliphatic carbocycles. The van der Waals surface area contributed by atoms with Gasteiger partial charge in [-0.3, -0.25) is 0 Å². The predicted molar refractivity (Wildman–Crippen MR) is 135 cm³/mol. The zero-order valence-electron chi connectivity index (χ0n) is 19.2. The predicted octanol–water partition coefficient (Wildman–Crippen LogP) is 8.08. The van der Waals surface area contributed by atoms with Crippen molar-refractivity contribution in [3.63, 3.8) is 0 Å². The summed E-state index contributed by atoms with van der Waals surface area (Å²) < 4.78 is 0. The van der Waals surface area contributed by atoms with Crippen molar-refractivity contribution < 1.29 is 5.21 Å². The largest absolute Gasteiger partial charge is 0.312 e. The summed E-state index contributed by atoms with van der Waals surface area (Å²) in [5, 5.41) is 16.3. The second-order valence-corrected chi connectivity index (χ2v) is 9.80. The Morgan fingerprint density at radius 2 is 1.24 bits per heavy atom. The maximum absolute atomic E-state index is 12.0. The molecule has 1 heterocycles. The fraction of sp³-hybridized carbons (Fsp3) is 0.290. The molecule has 1 saturated carbocycles. The maximum atomic E-state index is 12.0. The van der Waals surface area contributed by atoms with E-state index in [2.05, 4.69) is 85.8 Å². The third-order valence-electron chi connectivity index (χ3n) is 7.87. The first-order chi connectivity index (χ1) is 16.2. The third kappa shape index (κ3) is 3.40. The van der Waals surface area contributed by atoms with Crippen LogP contribution in [0.3, 0.4) is 0 Å². The van der Waals surface area contributed by atoms with Crippen LogP contribution in [0, 0.1) is 6.92 Å². The summed E-state index contributed by atoms with van der Waals surface area (Å²) in [6.07, 6.45) is 6.43.